The van der Waals surface area contributed by atoms with Crippen molar-refractivity contribution < 1.29 is 9.18 Å². The minimum atomic E-state index is -0.353. The van der Waals surface area contributed by atoms with Crippen molar-refractivity contribution in [1.82, 2.24) is 24.6 Å². The second-order valence-corrected chi connectivity index (χ2v) is 6.23. The minimum Gasteiger partial charge on any atom is -0.354 e. The van der Waals surface area contributed by atoms with E-state index in [-0.39, 0.29) is 30.4 Å². The fraction of sp³-hybridized carbons (Fsp3) is 0.250. The Morgan fingerprint density at radius 1 is 1.36 bits per heavy atom. The molecule has 3 aromatic rings. The molecule has 0 aliphatic heterocycles. The molecule has 130 valence electrons. The lowest BCUT2D eigenvalue weighted by molar-refractivity contribution is -0.121. The summed E-state index contributed by atoms with van der Waals surface area (Å²) in [7, 11) is 1.68. The van der Waals surface area contributed by atoms with Crippen LogP contribution in [0.1, 0.15) is 5.56 Å². The number of rotatable bonds is 5. The normalized spacial score (nSPS) is 11.0. The summed E-state index contributed by atoms with van der Waals surface area (Å²) in [6.07, 6.45) is 1.69. The van der Waals surface area contributed by atoms with Crippen molar-refractivity contribution in [2.45, 2.75) is 13.0 Å². The number of benzene rings is 1. The van der Waals surface area contributed by atoms with E-state index in [0.717, 1.165) is 0 Å². The molecule has 25 heavy (non-hydrogen) atoms. The summed E-state index contributed by atoms with van der Waals surface area (Å²) in [6.45, 7) is 0.112. The zero-order valence-electron chi connectivity index (χ0n) is 13.4. The van der Waals surface area contributed by atoms with Crippen LogP contribution in [0.5, 0.6) is 0 Å². The Bertz CT molecular complexity index is 998. The second kappa shape index (κ2) is 7.14. The highest BCUT2D eigenvalue weighted by Gasteiger charge is 2.14. The van der Waals surface area contributed by atoms with E-state index in [1.807, 2.05) is 0 Å². The lowest BCUT2D eigenvalue weighted by Gasteiger charge is -2.08. The molecular formula is C16H15BrFN5O2. The standard InChI is InChI=1S/C16H15BrFN5O2/c1-22-15-13(14(17)21-22)16(25)23(9-20-15)8-12(24)19-7-6-10-4-2-3-5-11(10)18/h2-5,9H,6-8H2,1H3,(H,19,24). The molecule has 0 atom stereocenters. The lowest BCUT2D eigenvalue weighted by atomic mass is 10.1. The molecule has 7 nitrogen and oxygen atoms in total. The Morgan fingerprint density at radius 3 is 2.88 bits per heavy atom. The molecule has 1 N–H and O–H groups in total. The van der Waals surface area contributed by atoms with E-state index in [1.54, 1.807) is 25.2 Å². The third-order valence-electron chi connectivity index (χ3n) is 3.76. The van der Waals surface area contributed by atoms with E-state index in [2.05, 4.69) is 31.3 Å². The van der Waals surface area contributed by atoms with Gasteiger partial charge in [-0.05, 0) is 34.0 Å². The van der Waals surface area contributed by atoms with E-state index < -0.39 is 0 Å². The molecule has 0 spiro atoms. The highest BCUT2D eigenvalue weighted by molar-refractivity contribution is 9.10. The highest BCUT2D eigenvalue weighted by atomic mass is 79.9. The van der Waals surface area contributed by atoms with Crippen LogP contribution >= 0.6 is 15.9 Å². The quantitative estimate of drug-likeness (QED) is 0.692. The molecule has 2 heterocycles. The van der Waals surface area contributed by atoms with Gasteiger partial charge in [-0.3, -0.25) is 14.2 Å². The number of nitrogens with zero attached hydrogens (tertiary/aromatic N) is 4. The zero-order chi connectivity index (χ0) is 18.0. The lowest BCUT2D eigenvalue weighted by Crippen LogP contribution is -2.33. The maximum Gasteiger partial charge on any atom is 0.266 e. The Labute approximate surface area is 150 Å². The van der Waals surface area contributed by atoms with Crippen LogP contribution in [0.25, 0.3) is 11.0 Å². The van der Waals surface area contributed by atoms with Crippen molar-refractivity contribution in [3.8, 4) is 0 Å². The number of halogens is 2. The maximum absolute atomic E-state index is 13.5. The zero-order valence-corrected chi connectivity index (χ0v) is 15.0. The molecule has 3 rings (SSSR count). The van der Waals surface area contributed by atoms with Gasteiger partial charge in [0.2, 0.25) is 5.91 Å². The van der Waals surface area contributed by atoms with Gasteiger partial charge < -0.3 is 5.32 Å². The smallest absolute Gasteiger partial charge is 0.266 e. The van der Waals surface area contributed by atoms with Gasteiger partial charge in [-0.2, -0.15) is 5.10 Å². The van der Waals surface area contributed by atoms with E-state index in [0.29, 0.717) is 27.6 Å². The summed E-state index contributed by atoms with van der Waals surface area (Å²) < 4.78 is 16.6. The van der Waals surface area contributed by atoms with Gasteiger partial charge in [0.05, 0.1) is 0 Å². The maximum atomic E-state index is 13.5. The molecule has 0 aliphatic rings. The monoisotopic (exact) mass is 407 g/mol. The number of aromatic nitrogens is 4. The third-order valence-corrected chi connectivity index (χ3v) is 4.31. The van der Waals surface area contributed by atoms with Crippen molar-refractivity contribution >= 4 is 32.9 Å². The molecule has 0 bridgehead atoms. The topological polar surface area (TPSA) is 81.8 Å². The Morgan fingerprint density at radius 2 is 2.12 bits per heavy atom. The first-order valence-electron chi connectivity index (χ1n) is 7.55. The number of amides is 1. The molecule has 0 fully saturated rings. The van der Waals surface area contributed by atoms with Crippen LogP contribution in [0.15, 0.2) is 40.0 Å². The van der Waals surface area contributed by atoms with Gasteiger partial charge in [-0.25, -0.2) is 14.1 Å². The van der Waals surface area contributed by atoms with Crippen LogP contribution in [0.3, 0.4) is 0 Å². The SMILES string of the molecule is Cn1nc(Br)c2c(=O)n(CC(=O)NCCc3ccccc3F)cnc21. The number of carbonyl (C=O) groups excluding carboxylic acids is 1. The molecular weight excluding hydrogens is 393 g/mol. The van der Waals surface area contributed by atoms with Crippen molar-refractivity contribution in [3.63, 3.8) is 0 Å². The molecule has 2 aromatic heterocycles. The Balaban J connectivity index is 1.66. The van der Waals surface area contributed by atoms with Crippen LogP contribution in [0.2, 0.25) is 0 Å². The second-order valence-electron chi connectivity index (χ2n) is 5.48. The van der Waals surface area contributed by atoms with Crippen molar-refractivity contribution in [1.29, 1.82) is 0 Å². The average Bonchev–Trinajstić information content (AvgIpc) is 2.86. The molecule has 0 radical (unpaired) electrons. The summed E-state index contributed by atoms with van der Waals surface area (Å²) in [5, 5.41) is 7.08. The Kier molecular flexibility index (Phi) is 4.93. The minimum absolute atomic E-state index is 0.166. The fourth-order valence-corrected chi connectivity index (χ4v) is 3.08. The van der Waals surface area contributed by atoms with E-state index in [4.69, 9.17) is 0 Å². The molecule has 9 heteroatoms. The first-order valence-corrected chi connectivity index (χ1v) is 8.34. The first kappa shape index (κ1) is 17.3. The average molecular weight is 408 g/mol. The predicted molar refractivity (Wildman–Crippen MR) is 93.6 cm³/mol. The highest BCUT2D eigenvalue weighted by Crippen LogP contribution is 2.16. The van der Waals surface area contributed by atoms with Gasteiger partial charge >= 0.3 is 0 Å². The fourth-order valence-electron chi connectivity index (χ4n) is 2.50. The van der Waals surface area contributed by atoms with Crippen molar-refractivity contribution in [2.75, 3.05) is 6.54 Å². The Hall–Kier alpha value is -2.55. The van der Waals surface area contributed by atoms with Crippen LogP contribution in [0, 0.1) is 5.82 Å². The predicted octanol–water partition coefficient (Wildman–Crippen LogP) is 1.39. The van der Waals surface area contributed by atoms with Gasteiger partial charge in [0, 0.05) is 13.6 Å². The van der Waals surface area contributed by atoms with E-state index >= 15 is 0 Å². The van der Waals surface area contributed by atoms with Crippen LogP contribution in [-0.2, 0) is 24.8 Å². The summed E-state index contributed by atoms with van der Waals surface area (Å²) in [4.78, 5) is 28.6. The molecule has 0 aliphatic carbocycles. The van der Waals surface area contributed by atoms with Crippen LogP contribution < -0.4 is 10.9 Å². The molecule has 1 amide bonds. The van der Waals surface area contributed by atoms with Gasteiger partial charge in [-0.15, -0.1) is 0 Å². The number of carbonyl (C=O) groups is 1. The van der Waals surface area contributed by atoms with Gasteiger partial charge in [0.25, 0.3) is 5.56 Å². The third kappa shape index (κ3) is 3.60. The number of hydrogen-bond donors (Lipinski definition) is 1. The summed E-state index contributed by atoms with van der Waals surface area (Å²) >= 11 is 3.22. The summed E-state index contributed by atoms with van der Waals surface area (Å²) in [6, 6.07) is 6.41. The molecule has 1 aromatic carbocycles. The number of aryl methyl sites for hydroxylation is 1. The van der Waals surface area contributed by atoms with Crippen LogP contribution in [-0.4, -0.2) is 31.8 Å². The summed E-state index contributed by atoms with van der Waals surface area (Å²) in [5.74, 6) is -0.649. The summed E-state index contributed by atoms with van der Waals surface area (Å²) in [5.41, 5.74) is 0.615. The number of fused-ring (bicyclic) bond motifs is 1. The molecule has 0 saturated heterocycles. The molecule has 0 saturated carbocycles. The number of nitrogens with one attached hydrogen (secondary N) is 1. The van der Waals surface area contributed by atoms with Crippen molar-refractivity contribution in [2.24, 2.45) is 7.05 Å². The van der Waals surface area contributed by atoms with Gasteiger partial charge in [0.1, 0.15) is 28.7 Å². The van der Waals surface area contributed by atoms with Crippen LogP contribution in [0.4, 0.5) is 4.39 Å². The molecule has 0 unspecified atom stereocenters. The van der Waals surface area contributed by atoms with Gasteiger partial charge in [-0.1, -0.05) is 18.2 Å². The van der Waals surface area contributed by atoms with Crippen molar-refractivity contribution in [3.05, 3.63) is 56.9 Å². The van der Waals surface area contributed by atoms with E-state index in [1.165, 1.54) is 21.6 Å². The van der Waals surface area contributed by atoms with Gasteiger partial charge in [0.15, 0.2) is 5.65 Å². The first-order chi connectivity index (χ1) is 12.0. The largest absolute Gasteiger partial charge is 0.354 e. The van der Waals surface area contributed by atoms with E-state index in [9.17, 15) is 14.0 Å². The number of hydrogen-bond acceptors (Lipinski definition) is 4.